The molecule has 0 aromatic carbocycles. The predicted octanol–water partition coefficient (Wildman–Crippen LogP) is 3.17. The predicted molar refractivity (Wildman–Crippen MR) is 67.2 cm³/mol. The number of pyridine rings is 1. The zero-order valence-corrected chi connectivity index (χ0v) is 10.3. The lowest BCUT2D eigenvalue weighted by atomic mass is 9.85. The van der Waals surface area contributed by atoms with Crippen LogP contribution in [0.1, 0.15) is 44.7 Å². The van der Waals surface area contributed by atoms with Gasteiger partial charge < -0.3 is 5.32 Å². The molecule has 2 heteroatoms. The Morgan fingerprint density at radius 1 is 1.44 bits per heavy atom. The molecule has 0 saturated heterocycles. The van der Waals surface area contributed by atoms with Crippen molar-refractivity contribution >= 4 is 0 Å². The van der Waals surface area contributed by atoms with E-state index in [-0.39, 0.29) is 0 Å². The third-order valence-electron chi connectivity index (χ3n) is 3.56. The van der Waals surface area contributed by atoms with Crippen LogP contribution >= 0.6 is 0 Å². The fraction of sp³-hybridized carbons (Fsp3) is 0.643. The van der Waals surface area contributed by atoms with Crippen molar-refractivity contribution in [3.63, 3.8) is 0 Å². The highest BCUT2D eigenvalue weighted by Crippen LogP contribution is 2.27. The Kier molecular flexibility index (Phi) is 3.94. The molecule has 1 heterocycles. The average molecular weight is 218 g/mol. The van der Waals surface area contributed by atoms with Gasteiger partial charge in [-0.15, -0.1) is 0 Å². The lowest BCUT2D eigenvalue weighted by molar-refractivity contribution is 0.274. The molecule has 2 nitrogen and oxygen atoms in total. The molecule has 1 N–H and O–H groups in total. The van der Waals surface area contributed by atoms with Crippen LogP contribution in [0.2, 0.25) is 0 Å². The van der Waals surface area contributed by atoms with Crippen molar-refractivity contribution in [1.29, 1.82) is 0 Å². The summed E-state index contributed by atoms with van der Waals surface area (Å²) in [6, 6.07) is 4.65. The molecule has 1 aromatic rings. The van der Waals surface area contributed by atoms with Gasteiger partial charge in [-0.05, 0) is 42.9 Å². The molecule has 88 valence electrons. The molecule has 1 saturated carbocycles. The van der Waals surface area contributed by atoms with Crippen molar-refractivity contribution < 1.29 is 0 Å². The summed E-state index contributed by atoms with van der Waals surface area (Å²) in [6.07, 6.45) is 8.06. The first-order valence-corrected chi connectivity index (χ1v) is 6.40. The van der Waals surface area contributed by atoms with Crippen molar-refractivity contribution in [3.8, 4) is 0 Å². The third kappa shape index (κ3) is 2.82. The van der Waals surface area contributed by atoms with Gasteiger partial charge in [-0.2, -0.15) is 0 Å². The van der Waals surface area contributed by atoms with Gasteiger partial charge in [0.15, 0.2) is 0 Å². The second-order valence-corrected chi connectivity index (χ2v) is 5.21. The van der Waals surface area contributed by atoms with Gasteiger partial charge in [0.05, 0.1) is 0 Å². The SMILES string of the molecule is CC(C)C(NCC1CCC1)c1cccnc1. The molecular formula is C14H22N2. The van der Waals surface area contributed by atoms with Crippen molar-refractivity contribution in [2.24, 2.45) is 11.8 Å². The van der Waals surface area contributed by atoms with E-state index in [1.54, 1.807) is 0 Å². The highest BCUT2D eigenvalue weighted by molar-refractivity contribution is 5.14. The lowest BCUT2D eigenvalue weighted by Crippen LogP contribution is -2.33. The second-order valence-electron chi connectivity index (χ2n) is 5.21. The molecular weight excluding hydrogens is 196 g/mol. The largest absolute Gasteiger partial charge is 0.309 e. The maximum Gasteiger partial charge on any atom is 0.0358 e. The van der Waals surface area contributed by atoms with Gasteiger partial charge in [-0.25, -0.2) is 0 Å². The molecule has 0 bridgehead atoms. The fourth-order valence-electron chi connectivity index (χ4n) is 2.29. The fourth-order valence-corrected chi connectivity index (χ4v) is 2.29. The summed E-state index contributed by atoms with van der Waals surface area (Å²) in [5, 5.41) is 3.70. The molecule has 0 aliphatic heterocycles. The average Bonchev–Trinajstić information content (AvgIpc) is 2.22. The van der Waals surface area contributed by atoms with Gasteiger partial charge in [0, 0.05) is 18.4 Å². The maximum atomic E-state index is 4.21. The van der Waals surface area contributed by atoms with Crippen molar-refractivity contribution in [3.05, 3.63) is 30.1 Å². The molecule has 0 spiro atoms. The number of hydrogen-bond acceptors (Lipinski definition) is 2. The Balaban J connectivity index is 1.94. The quantitative estimate of drug-likeness (QED) is 0.821. The van der Waals surface area contributed by atoms with Crippen molar-refractivity contribution in [2.45, 2.75) is 39.2 Å². The lowest BCUT2D eigenvalue weighted by Gasteiger charge is -2.30. The molecule has 0 radical (unpaired) electrons. The van der Waals surface area contributed by atoms with Gasteiger partial charge in [-0.1, -0.05) is 26.3 Å². The summed E-state index contributed by atoms with van der Waals surface area (Å²) < 4.78 is 0. The Labute approximate surface area is 98.5 Å². The minimum absolute atomic E-state index is 0.453. The summed E-state index contributed by atoms with van der Waals surface area (Å²) in [5.74, 6) is 1.53. The monoisotopic (exact) mass is 218 g/mol. The molecule has 0 amide bonds. The highest BCUT2D eigenvalue weighted by atomic mass is 14.9. The Morgan fingerprint density at radius 3 is 2.75 bits per heavy atom. The van der Waals surface area contributed by atoms with E-state index >= 15 is 0 Å². The van der Waals surface area contributed by atoms with Gasteiger partial charge in [-0.3, -0.25) is 4.98 Å². The van der Waals surface area contributed by atoms with E-state index in [4.69, 9.17) is 0 Å². The molecule has 2 rings (SSSR count). The standard InChI is InChI=1S/C14H22N2/c1-11(2)14(13-7-4-8-15-10-13)16-9-12-5-3-6-12/h4,7-8,10-12,14,16H,3,5-6,9H2,1-2H3. The Hall–Kier alpha value is -0.890. The highest BCUT2D eigenvalue weighted by Gasteiger charge is 2.21. The Bertz CT molecular complexity index is 304. The van der Waals surface area contributed by atoms with E-state index in [9.17, 15) is 0 Å². The van der Waals surface area contributed by atoms with E-state index in [1.807, 2.05) is 18.5 Å². The molecule has 1 fully saturated rings. The molecule has 16 heavy (non-hydrogen) atoms. The maximum absolute atomic E-state index is 4.21. The van der Waals surface area contributed by atoms with Crippen LogP contribution in [0.3, 0.4) is 0 Å². The smallest absolute Gasteiger partial charge is 0.0358 e. The third-order valence-corrected chi connectivity index (χ3v) is 3.56. The van der Waals surface area contributed by atoms with Crippen LogP contribution in [-0.2, 0) is 0 Å². The molecule has 1 unspecified atom stereocenters. The van der Waals surface area contributed by atoms with Crippen molar-refractivity contribution in [2.75, 3.05) is 6.54 Å². The topological polar surface area (TPSA) is 24.9 Å². The zero-order chi connectivity index (χ0) is 11.4. The van der Waals surface area contributed by atoms with E-state index < -0.39 is 0 Å². The molecule has 1 aromatic heterocycles. The van der Waals surface area contributed by atoms with Gasteiger partial charge in [0.2, 0.25) is 0 Å². The minimum atomic E-state index is 0.453. The van der Waals surface area contributed by atoms with Crippen molar-refractivity contribution in [1.82, 2.24) is 10.3 Å². The van der Waals surface area contributed by atoms with E-state index in [0.29, 0.717) is 12.0 Å². The number of nitrogens with one attached hydrogen (secondary N) is 1. The molecule has 1 aliphatic rings. The first-order chi connectivity index (χ1) is 7.77. The summed E-state index contributed by atoms with van der Waals surface area (Å²) >= 11 is 0. The number of hydrogen-bond donors (Lipinski definition) is 1. The zero-order valence-electron chi connectivity index (χ0n) is 10.3. The second kappa shape index (κ2) is 5.44. The number of nitrogens with zero attached hydrogens (tertiary/aromatic N) is 1. The molecule has 1 atom stereocenters. The van der Waals surface area contributed by atoms with Crippen LogP contribution in [0.4, 0.5) is 0 Å². The van der Waals surface area contributed by atoms with Crippen LogP contribution in [0.5, 0.6) is 0 Å². The normalized spacial score (nSPS) is 18.4. The van der Waals surface area contributed by atoms with Crippen LogP contribution in [0, 0.1) is 11.8 Å². The first kappa shape index (κ1) is 11.6. The van der Waals surface area contributed by atoms with Gasteiger partial charge >= 0.3 is 0 Å². The molecule has 1 aliphatic carbocycles. The van der Waals surface area contributed by atoms with Crippen LogP contribution in [0.15, 0.2) is 24.5 Å². The summed E-state index contributed by atoms with van der Waals surface area (Å²) in [5.41, 5.74) is 1.32. The number of aromatic nitrogens is 1. The summed E-state index contributed by atoms with van der Waals surface area (Å²) in [6.45, 7) is 5.70. The Morgan fingerprint density at radius 2 is 2.25 bits per heavy atom. The van der Waals surface area contributed by atoms with Gasteiger partial charge in [0.1, 0.15) is 0 Å². The van der Waals surface area contributed by atoms with Crippen LogP contribution < -0.4 is 5.32 Å². The minimum Gasteiger partial charge on any atom is -0.309 e. The summed E-state index contributed by atoms with van der Waals surface area (Å²) in [4.78, 5) is 4.21. The van der Waals surface area contributed by atoms with E-state index in [2.05, 4.69) is 30.2 Å². The summed E-state index contributed by atoms with van der Waals surface area (Å²) in [7, 11) is 0. The first-order valence-electron chi connectivity index (χ1n) is 6.40. The number of rotatable bonds is 5. The van der Waals surface area contributed by atoms with Gasteiger partial charge in [0.25, 0.3) is 0 Å². The van der Waals surface area contributed by atoms with E-state index in [1.165, 1.54) is 24.8 Å². The van der Waals surface area contributed by atoms with Crippen LogP contribution in [0.25, 0.3) is 0 Å². The van der Waals surface area contributed by atoms with E-state index in [0.717, 1.165) is 12.5 Å². The van der Waals surface area contributed by atoms with Crippen LogP contribution in [-0.4, -0.2) is 11.5 Å².